The molecular weight excluding hydrogens is 206 g/mol. The molecule has 3 aromatic rings. The Labute approximate surface area is 90.4 Å². The third-order valence-corrected chi connectivity index (χ3v) is 2.23. The molecule has 0 aromatic carbocycles. The monoisotopic (exact) mass is 215 g/mol. The van der Waals surface area contributed by atoms with E-state index in [0.29, 0.717) is 12.4 Å². The van der Waals surface area contributed by atoms with E-state index in [1.165, 1.54) is 6.33 Å². The van der Waals surface area contributed by atoms with Crippen LogP contribution in [-0.2, 0) is 6.54 Å². The van der Waals surface area contributed by atoms with Crippen LogP contribution in [0.2, 0.25) is 0 Å². The average Bonchev–Trinajstić information content (AvgIpc) is 2.97. The molecule has 0 bridgehead atoms. The Hall–Kier alpha value is -2.44. The smallest absolute Gasteiger partial charge is 0.162 e. The van der Waals surface area contributed by atoms with Gasteiger partial charge in [-0.25, -0.2) is 15.0 Å². The highest BCUT2D eigenvalue weighted by Gasteiger charge is 2.05. The number of nitrogens with one attached hydrogen (secondary N) is 3. The molecular formula is C9H9N7. The molecule has 0 atom stereocenters. The Morgan fingerprint density at radius 1 is 1.25 bits per heavy atom. The maximum absolute atomic E-state index is 4.15. The van der Waals surface area contributed by atoms with Crippen LogP contribution in [0.4, 0.5) is 5.82 Å². The predicted octanol–water partition coefficient (Wildman–Crippen LogP) is 0.688. The van der Waals surface area contributed by atoms with Gasteiger partial charge in [-0.05, 0) is 0 Å². The molecule has 0 radical (unpaired) electrons. The quantitative estimate of drug-likeness (QED) is 0.597. The lowest BCUT2D eigenvalue weighted by Crippen LogP contribution is -2.01. The van der Waals surface area contributed by atoms with E-state index in [2.05, 4.69) is 35.5 Å². The van der Waals surface area contributed by atoms with Crippen LogP contribution in [0.1, 0.15) is 5.56 Å². The van der Waals surface area contributed by atoms with Crippen LogP contribution in [0.25, 0.3) is 11.2 Å². The number of aromatic amines is 2. The van der Waals surface area contributed by atoms with E-state index >= 15 is 0 Å². The fourth-order valence-electron chi connectivity index (χ4n) is 1.45. The van der Waals surface area contributed by atoms with Crippen molar-refractivity contribution in [1.82, 2.24) is 30.1 Å². The van der Waals surface area contributed by atoms with Crippen molar-refractivity contribution in [1.29, 1.82) is 0 Å². The van der Waals surface area contributed by atoms with Gasteiger partial charge in [0.2, 0.25) is 0 Å². The molecule has 7 nitrogen and oxygen atoms in total. The summed E-state index contributed by atoms with van der Waals surface area (Å²) < 4.78 is 0. The average molecular weight is 215 g/mol. The SMILES string of the molecule is c1nc(NCc2cn[nH]c2)c2nc[nH]c2n1. The molecule has 0 aliphatic carbocycles. The maximum atomic E-state index is 4.15. The van der Waals surface area contributed by atoms with Crippen molar-refractivity contribution in [2.45, 2.75) is 6.54 Å². The van der Waals surface area contributed by atoms with Crippen molar-refractivity contribution < 1.29 is 0 Å². The number of hydrogen-bond acceptors (Lipinski definition) is 5. The van der Waals surface area contributed by atoms with Crippen molar-refractivity contribution in [2.75, 3.05) is 5.32 Å². The lowest BCUT2D eigenvalue weighted by atomic mass is 10.3. The fraction of sp³-hybridized carbons (Fsp3) is 0.111. The summed E-state index contributed by atoms with van der Waals surface area (Å²) in [4.78, 5) is 15.3. The zero-order valence-corrected chi connectivity index (χ0v) is 8.31. The van der Waals surface area contributed by atoms with Crippen LogP contribution >= 0.6 is 0 Å². The summed E-state index contributed by atoms with van der Waals surface area (Å²) in [7, 11) is 0. The third-order valence-electron chi connectivity index (χ3n) is 2.23. The first kappa shape index (κ1) is 8.84. The molecule has 0 spiro atoms. The zero-order chi connectivity index (χ0) is 10.8. The number of aromatic nitrogens is 6. The second-order valence-corrected chi connectivity index (χ2v) is 3.28. The maximum Gasteiger partial charge on any atom is 0.162 e. The Morgan fingerprint density at radius 2 is 2.25 bits per heavy atom. The van der Waals surface area contributed by atoms with Crippen LogP contribution in [0.5, 0.6) is 0 Å². The largest absolute Gasteiger partial charge is 0.364 e. The van der Waals surface area contributed by atoms with Crippen molar-refractivity contribution in [3.63, 3.8) is 0 Å². The van der Waals surface area contributed by atoms with E-state index in [9.17, 15) is 0 Å². The highest BCUT2D eigenvalue weighted by atomic mass is 15.1. The summed E-state index contributed by atoms with van der Waals surface area (Å²) in [5.41, 5.74) is 2.53. The summed E-state index contributed by atoms with van der Waals surface area (Å²) in [6, 6.07) is 0. The summed E-state index contributed by atoms with van der Waals surface area (Å²) >= 11 is 0. The number of anilines is 1. The van der Waals surface area contributed by atoms with Gasteiger partial charge in [-0.15, -0.1) is 0 Å². The van der Waals surface area contributed by atoms with Gasteiger partial charge in [0.05, 0.1) is 12.5 Å². The van der Waals surface area contributed by atoms with Crippen LogP contribution < -0.4 is 5.32 Å². The van der Waals surface area contributed by atoms with Gasteiger partial charge >= 0.3 is 0 Å². The van der Waals surface area contributed by atoms with Gasteiger partial charge in [0.15, 0.2) is 11.5 Å². The molecule has 0 amide bonds. The first-order valence-electron chi connectivity index (χ1n) is 4.79. The Kier molecular flexibility index (Phi) is 1.99. The van der Waals surface area contributed by atoms with Crippen molar-refractivity contribution >= 4 is 17.0 Å². The van der Waals surface area contributed by atoms with E-state index in [1.54, 1.807) is 12.5 Å². The Morgan fingerprint density at radius 3 is 3.12 bits per heavy atom. The minimum Gasteiger partial charge on any atom is -0.364 e. The molecule has 3 aromatic heterocycles. The zero-order valence-electron chi connectivity index (χ0n) is 8.31. The summed E-state index contributed by atoms with van der Waals surface area (Å²) in [5, 5.41) is 9.80. The van der Waals surface area contributed by atoms with E-state index in [0.717, 1.165) is 16.7 Å². The minimum absolute atomic E-state index is 0.648. The third kappa shape index (κ3) is 1.48. The molecule has 0 aliphatic heterocycles. The van der Waals surface area contributed by atoms with Crippen molar-refractivity contribution in [3.05, 3.63) is 30.6 Å². The summed E-state index contributed by atoms with van der Waals surface area (Å²) in [6.45, 7) is 0.648. The molecule has 0 unspecified atom stereocenters. The summed E-state index contributed by atoms with van der Waals surface area (Å²) in [5.74, 6) is 0.715. The molecule has 0 saturated carbocycles. The molecule has 3 N–H and O–H groups in total. The number of nitrogens with zero attached hydrogens (tertiary/aromatic N) is 4. The molecule has 0 aliphatic rings. The van der Waals surface area contributed by atoms with Gasteiger partial charge in [-0.1, -0.05) is 0 Å². The second kappa shape index (κ2) is 3.61. The van der Waals surface area contributed by atoms with Gasteiger partial charge in [-0.3, -0.25) is 5.10 Å². The first-order valence-corrected chi connectivity index (χ1v) is 4.79. The molecule has 3 rings (SSSR count). The van der Waals surface area contributed by atoms with E-state index in [1.807, 2.05) is 6.20 Å². The van der Waals surface area contributed by atoms with Crippen LogP contribution in [0.3, 0.4) is 0 Å². The van der Waals surface area contributed by atoms with E-state index in [-0.39, 0.29) is 0 Å². The van der Waals surface area contributed by atoms with Gasteiger partial charge in [0.25, 0.3) is 0 Å². The van der Waals surface area contributed by atoms with E-state index < -0.39 is 0 Å². The van der Waals surface area contributed by atoms with Gasteiger partial charge in [-0.2, -0.15) is 5.10 Å². The van der Waals surface area contributed by atoms with Gasteiger partial charge < -0.3 is 10.3 Å². The molecule has 7 heteroatoms. The van der Waals surface area contributed by atoms with Crippen molar-refractivity contribution in [3.8, 4) is 0 Å². The lowest BCUT2D eigenvalue weighted by Gasteiger charge is -2.02. The van der Waals surface area contributed by atoms with Crippen LogP contribution in [0, 0.1) is 0 Å². The molecule has 0 saturated heterocycles. The van der Waals surface area contributed by atoms with Crippen molar-refractivity contribution in [2.24, 2.45) is 0 Å². The normalized spacial score (nSPS) is 10.8. The lowest BCUT2D eigenvalue weighted by molar-refractivity contribution is 1.09. The van der Waals surface area contributed by atoms with E-state index in [4.69, 9.17) is 0 Å². The fourth-order valence-corrected chi connectivity index (χ4v) is 1.45. The number of H-pyrrole nitrogens is 2. The topological polar surface area (TPSA) is 95.2 Å². The molecule has 16 heavy (non-hydrogen) atoms. The van der Waals surface area contributed by atoms with Gasteiger partial charge in [0.1, 0.15) is 11.8 Å². The molecule has 3 heterocycles. The Bertz CT molecular complexity index is 583. The second-order valence-electron chi connectivity index (χ2n) is 3.28. The number of hydrogen-bond donors (Lipinski definition) is 3. The Balaban J connectivity index is 1.86. The number of fused-ring (bicyclic) bond motifs is 1. The standard InChI is InChI=1S/C9H9N7/c1(6-2-15-16-3-6)10-8-7-9(12-4-11-7)14-5-13-8/h2-5H,1H2,(H,15,16)(H2,10,11,12,13,14). The first-order chi connectivity index (χ1) is 7.93. The van der Waals surface area contributed by atoms with Crippen LogP contribution in [0.15, 0.2) is 25.0 Å². The highest BCUT2D eigenvalue weighted by Crippen LogP contribution is 2.14. The van der Waals surface area contributed by atoms with Crippen LogP contribution in [-0.4, -0.2) is 30.1 Å². The van der Waals surface area contributed by atoms with Gasteiger partial charge in [0, 0.05) is 18.3 Å². The molecule has 80 valence electrons. The minimum atomic E-state index is 0.648. The summed E-state index contributed by atoms with van der Waals surface area (Å²) in [6.07, 6.45) is 6.69. The number of rotatable bonds is 3. The molecule has 0 fully saturated rings. The highest BCUT2D eigenvalue weighted by molar-refractivity contribution is 5.81. The predicted molar refractivity (Wildman–Crippen MR) is 57.6 cm³/mol. The number of imidazole rings is 1.